The summed E-state index contributed by atoms with van der Waals surface area (Å²) < 4.78 is 5.76. The van der Waals surface area contributed by atoms with Crippen LogP contribution in [0.25, 0.3) is 0 Å². The van der Waals surface area contributed by atoms with Crippen molar-refractivity contribution in [3.8, 4) is 0 Å². The molecule has 1 heterocycles. The van der Waals surface area contributed by atoms with E-state index in [0.717, 1.165) is 58.1 Å². The Morgan fingerprint density at radius 2 is 2.10 bits per heavy atom. The second kappa shape index (κ2) is 10.6. The number of guanidine groups is 1. The van der Waals surface area contributed by atoms with Gasteiger partial charge in [0, 0.05) is 26.2 Å². The number of nitrogens with one attached hydrogen (secondary N) is 2. The molecule has 0 aromatic heterocycles. The minimum atomic E-state index is -0.0669. The quantitative estimate of drug-likeness (QED) is 0.389. The normalized spacial score (nSPS) is 22.8. The van der Waals surface area contributed by atoms with Crippen molar-refractivity contribution in [3.63, 3.8) is 0 Å². The molecule has 5 nitrogen and oxygen atoms in total. The zero-order chi connectivity index (χ0) is 14.1. The lowest BCUT2D eigenvalue weighted by Gasteiger charge is -2.22. The van der Waals surface area contributed by atoms with Crippen LogP contribution < -0.4 is 10.6 Å². The molecule has 1 unspecified atom stereocenters. The van der Waals surface area contributed by atoms with E-state index in [1.54, 1.807) is 0 Å². The second-order valence-corrected chi connectivity index (χ2v) is 5.42. The van der Waals surface area contributed by atoms with Crippen LogP contribution in [0.5, 0.6) is 0 Å². The van der Waals surface area contributed by atoms with E-state index >= 15 is 0 Å². The van der Waals surface area contributed by atoms with E-state index in [1.807, 2.05) is 0 Å². The minimum absolute atomic E-state index is 0. The predicted octanol–water partition coefficient (Wildman–Crippen LogP) is 1.68. The third-order valence-corrected chi connectivity index (χ3v) is 3.54. The van der Waals surface area contributed by atoms with Gasteiger partial charge in [-0.05, 0) is 40.3 Å². The van der Waals surface area contributed by atoms with Gasteiger partial charge in [-0.3, -0.25) is 4.99 Å². The molecule has 1 saturated heterocycles. The molecule has 0 saturated carbocycles. The van der Waals surface area contributed by atoms with E-state index in [-0.39, 0.29) is 29.6 Å². The van der Waals surface area contributed by atoms with E-state index in [0.29, 0.717) is 0 Å². The molecule has 20 heavy (non-hydrogen) atoms. The first-order chi connectivity index (χ1) is 9.09. The van der Waals surface area contributed by atoms with Gasteiger partial charge in [-0.1, -0.05) is 6.92 Å². The van der Waals surface area contributed by atoms with Crippen molar-refractivity contribution < 1.29 is 4.74 Å². The molecule has 6 heteroatoms. The van der Waals surface area contributed by atoms with Crippen LogP contribution in [0.4, 0.5) is 0 Å². The highest BCUT2D eigenvalue weighted by Gasteiger charge is 2.29. The highest BCUT2D eigenvalue weighted by Crippen LogP contribution is 2.24. The third-order valence-electron chi connectivity index (χ3n) is 3.54. The average molecular weight is 398 g/mol. The van der Waals surface area contributed by atoms with Gasteiger partial charge in [-0.2, -0.15) is 0 Å². The maximum atomic E-state index is 5.76. The van der Waals surface area contributed by atoms with Gasteiger partial charge in [0.1, 0.15) is 0 Å². The lowest BCUT2D eigenvalue weighted by Crippen LogP contribution is -2.42. The highest BCUT2D eigenvalue weighted by molar-refractivity contribution is 14.0. The van der Waals surface area contributed by atoms with Gasteiger partial charge in [0.15, 0.2) is 5.96 Å². The summed E-state index contributed by atoms with van der Waals surface area (Å²) in [5.41, 5.74) is -0.0669. The van der Waals surface area contributed by atoms with Crippen molar-refractivity contribution in [2.75, 3.05) is 46.4 Å². The summed E-state index contributed by atoms with van der Waals surface area (Å²) in [5.74, 6) is 0.892. The Morgan fingerprint density at radius 1 is 1.35 bits per heavy atom. The molecule has 0 aromatic carbocycles. The minimum Gasteiger partial charge on any atom is -0.373 e. The fraction of sp³-hybridized carbons (Fsp3) is 0.929. The van der Waals surface area contributed by atoms with E-state index in [2.05, 4.69) is 48.3 Å². The van der Waals surface area contributed by atoms with Crippen molar-refractivity contribution in [1.82, 2.24) is 15.5 Å². The molecular formula is C14H31IN4O. The van der Waals surface area contributed by atoms with E-state index in [9.17, 15) is 0 Å². The van der Waals surface area contributed by atoms with Crippen molar-refractivity contribution in [3.05, 3.63) is 0 Å². The molecule has 1 atom stereocenters. The number of halogens is 1. The Hall–Kier alpha value is -0.0800. The van der Waals surface area contributed by atoms with Gasteiger partial charge in [0.25, 0.3) is 0 Å². The van der Waals surface area contributed by atoms with Gasteiger partial charge in [-0.15, -0.1) is 24.0 Å². The lowest BCUT2D eigenvalue weighted by atomic mass is 10.0. The molecular weight excluding hydrogens is 367 g/mol. The van der Waals surface area contributed by atoms with Crippen LogP contribution in [0.15, 0.2) is 4.99 Å². The predicted molar refractivity (Wildman–Crippen MR) is 96.2 cm³/mol. The number of ether oxygens (including phenoxy) is 1. The van der Waals surface area contributed by atoms with E-state index in [4.69, 9.17) is 4.74 Å². The molecule has 0 spiro atoms. The summed E-state index contributed by atoms with van der Waals surface area (Å²) in [7, 11) is 2.12. The average Bonchev–Trinajstić information content (AvgIpc) is 2.83. The zero-order valence-corrected chi connectivity index (χ0v) is 15.7. The Morgan fingerprint density at radius 3 is 2.65 bits per heavy atom. The van der Waals surface area contributed by atoms with Crippen LogP contribution >= 0.6 is 24.0 Å². The molecule has 0 aliphatic carbocycles. The number of aliphatic imine (C=N–C) groups is 1. The van der Waals surface area contributed by atoms with Gasteiger partial charge in [-0.25, -0.2) is 0 Å². The highest BCUT2D eigenvalue weighted by atomic mass is 127. The zero-order valence-electron chi connectivity index (χ0n) is 13.4. The summed E-state index contributed by atoms with van der Waals surface area (Å²) in [4.78, 5) is 6.92. The Labute approximate surface area is 140 Å². The third kappa shape index (κ3) is 7.64. The number of likely N-dealkylation sites (N-methyl/N-ethyl adjacent to an activating group) is 1. The van der Waals surface area contributed by atoms with Crippen LogP contribution in [0.3, 0.4) is 0 Å². The number of hydrogen-bond acceptors (Lipinski definition) is 3. The molecule has 1 aliphatic rings. The maximum Gasteiger partial charge on any atom is 0.191 e. The van der Waals surface area contributed by atoms with Crippen LogP contribution in [0.2, 0.25) is 0 Å². The van der Waals surface area contributed by atoms with Crippen molar-refractivity contribution in [1.29, 1.82) is 0 Å². The number of nitrogens with zero attached hydrogens (tertiary/aromatic N) is 2. The van der Waals surface area contributed by atoms with Gasteiger partial charge >= 0.3 is 0 Å². The van der Waals surface area contributed by atoms with Crippen LogP contribution in [0, 0.1) is 0 Å². The smallest absolute Gasteiger partial charge is 0.191 e. The standard InChI is InChI=1S/C14H30N4O.HI/c1-5-15-13(16-9-10-18(4)6-2)17-12-14(3)8-7-11-19-14;/h5-12H2,1-4H3,(H2,15,16,17);1H. The molecule has 0 aromatic rings. The molecule has 0 radical (unpaired) electrons. The number of rotatable bonds is 7. The topological polar surface area (TPSA) is 48.9 Å². The lowest BCUT2D eigenvalue weighted by molar-refractivity contribution is 0.0283. The molecule has 1 aliphatic heterocycles. The molecule has 0 bridgehead atoms. The first-order valence-electron chi connectivity index (χ1n) is 7.44. The fourth-order valence-corrected chi connectivity index (χ4v) is 2.07. The summed E-state index contributed by atoms with van der Waals surface area (Å²) >= 11 is 0. The molecule has 2 N–H and O–H groups in total. The van der Waals surface area contributed by atoms with Crippen molar-refractivity contribution in [2.45, 2.75) is 39.2 Å². The summed E-state index contributed by atoms with van der Waals surface area (Å²) in [6, 6.07) is 0. The first kappa shape index (κ1) is 19.9. The van der Waals surface area contributed by atoms with E-state index < -0.39 is 0 Å². The Bertz CT molecular complexity index is 280. The van der Waals surface area contributed by atoms with Gasteiger partial charge in [0.2, 0.25) is 0 Å². The fourth-order valence-electron chi connectivity index (χ4n) is 2.07. The van der Waals surface area contributed by atoms with Crippen molar-refractivity contribution >= 4 is 29.9 Å². The van der Waals surface area contributed by atoms with Crippen molar-refractivity contribution in [2.24, 2.45) is 4.99 Å². The van der Waals surface area contributed by atoms with Gasteiger partial charge in [0.05, 0.1) is 12.1 Å². The van der Waals surface area contributed by atoms with Gasteiger partial charge < -0.3 is 20.3 Å². The Balaban J connectivity index is 0.00000361. The van der Waals surface area contributed by atoms with Crippen LogP contribution in [-0.2, 0) is 4.74 Å². The van der Waals surface area contributed by atoms with Crippen LogP contribution in [0.1, 0.15) is 33.6 Å². The largest absolute Gasteiger partial charge is 0.373 e. The molecule has 120 valence electrons. The SMILES string of the molecule is CCNC(=NCC1(C)CCCO1)NCCN(C)CC.I. The summed E-state index contributed by atoms with van der Waals surface area (Å²) in [6.07, 6.45) is 2.26. The summed E-state index contributed by atoms with van der Waals surface area (Å²) in [6.45, 7) is 11.9. The first-order valence-corrected chi connectivity index (χ1v) is 7.44. The molecule has 1 fully saturated rings. The second-order valence-electron chi connectivity index (χ2n) is 5.42. The monoisotopic (exact) mass is 398 g/mol. The van der Waals surface area contributed by atoms with Crippen LogP contribution in [-0.4, -0.2) is 62.8 Å². The molecule has 0 amide bonds. The number of hydrogen-bond donors (Lipinski definition) is 2. The Kier molecular flexibility index (Phi) is 10.6. The van der Waals surface area contributed by atoms with E-state index in [1.165, 1.54) is 0 Å². The summed E-state index contributed by atoms with van der Waals surface area (Å²) in [5, 5.41) is 6.65. The molecule has 1 rings (SSSR count). The maximum absolute atomic E-state index is 5.76.